The highest BCUT2D eigenvalue weighted by Crippen LogP contribution is 2.09. The van der Waals surface area contributed by atoms with Crippen molar-refractivity contribution in [1.82, 2.24) is 16.0 Å². The second kappa shape index (κ2) is 15.5. The first-order valence-corrected chi connectivity index (χ1v) is 10.9. The van der Waals surface area contributed by atoms with Crippen molar-refractivity contribution in [2.75, 3.05) is 19.8 Å². The topological polar surface area (TPSA) is 186 Å². The molecule has 0 aromatic heterocycles. The zero-order valence-electron chi connectivity index (χ0n) is 20.2. The van der Waals surface area contributed by atoms with E-state index in [-0.39, 0.29) is 32.5 Å². The second-order valence-corrected chi connectivity index (χ2v) is 8.06. The van der Waals surface area contributed by atoms with Gasteiger partial charge in [0.05, 0.1) is 13.2 Å². The molecule has 0 aliphatic heterocycles. The number of carbonyl (C=O) groups is 6. The number of esters is 2. The van der Waals surface area contributed by atoms with Crippen molar-refractivity contribution in [2.45, 2.75) is 78.0 Å². The van der Waals surface area contributed by atoms with Crippen molar-refractivity contribution in [3.8, 4) is 0 Å². The van der Waals surface area contributed by atoms with Gasteiger partial charge < -0.3 is 35.3 Å². The minimum Gasteiger partial charge on any atom is -0.481 e. The lowest BCUT2D eigenvalue weighted by atomic mass is 10.1. The first kappa shape index (κ1) is 30.6. The maximum Gasteiger partial charge on any atom is 0.408 e. The largest absolute Gasteiger partial charge is 0.481 e. The lowest BCUT2D eigenvalue weighted by Crippen LogP contribution is -2.49. The summed E-state index contributed by atoms with van der Waals surface area (Å²) in [5.41, 5.74) is -0.811. The van der Waals surface area contributed by atoms with E-state index in [9.17, 15) is 28.8 Å². The fourth-order valence-corrected chi connectivity index (χ4v) is 2.51. The van der Waals surface area contributed by atoms with Gasteiger partial charge in [-0.15, -0.1) is 0 Å². The summed E-state index contributed by atoms with van der Waals surface area (Å²) >= 11 is 0. The van der Waals surface area contributed by atoms with E-state index in [4.69, 9.17) is 19.3 Å². The number of nitrogens with one attached hydrogen (secondary N) is 3. The van der Waals surface area contributed by atoms with E-state index < -0.39 is 66.5 Å². The fraction of sp³-hybridized carbons (Fsp3) is 0.714. The summed E-state index contributed by atoms with van der Waals surface area (Å²) < 4.78 is 14.7. The molecule has 34 heavy (non-hydrogen) atoms. The summed E-state index contributed by atoms with van der Waals surface area (Å²) in [5, 5.41) is 15.9. The van der Waals surface area contributed by atoms with Gasteiger partial charge >= 0.3 is 24.0 Å². The Morgan fingerprint density at radius 2 is 1.44 bits per heavy atom. The lowest BCUT2D eigenvalue weighted by molar-refractivity contribution is -0.146. The van der Waals surface area contributed by atoms with Gasteiger partial charge in [0.2, 0.25) is 11.8 Å². The van der Waals surface area contributed by atoms with Gasteiger partial charge in [0, 0.05) is 12.8 Å². The Morgan fingerprint density at radius 1 is 0.853 bits per heavy atom. The number of amides is 3. The predicted molar refractivity (Wildman–Crippen MR) is 117 cm³/mol. The molecule has 0 saturated carbocycles. The lowest BCUT2D eigenvalue weighted by Gasteiger charge is -2.23. The van der Waals surface area contributed by atoms with Crippen LogP contribution in [0.4, 0.5) is 4.79 Å². The van der Waals surface area contributed by atoms with Gasteiger partial charge in [-0.3, -0.25) is 19.2 Å². The third kappa shape index (κ3) is 14.6. The molecule has 194 valence electrons. The molecule has 0 aromatic rings. The quantitative estimate of drug-likeness (QED) is 0.195. The van der Waals surface area contributed by atoms with Gasteiger partial charge in [-0.2, -0.15) is 0 Å². The van der Waals surface area contributed by atoms with Crippen molar-refractivity contribution in [3.63, 3.8) is 0 Å². The van der Waals surface area contributed by atoms with Gasteiger partial charge in [0.15, 0.2) is 0 Å². The molecule has 0 spiro atoms. The molecule has 13 nitrogen and oxygen atoms in total. The number of aliphatic carboxylic acids is 1. The Kier molecular flexibility index (Phi) is 13.9. The number of hydrogen-bond acceptors (Lipinski definition) is 9. The molecule has 0 fully saturated rings. The van der Waals surface area contributed by atoms with E-state index in [0.717, 1.165) is 0 Å². The maximum atomic E-state index is 12.4. The molecule has 4 N–H and O–H groups in total. The minimum absolute atomic E-state index is 0.0510. The summed E-state index contributed by atoms with van der Waals surface area (Å²) in [4.78, 5) is 71.3. The molecule has 2 atom stereocenters. The zero-order valence-corrected chi connectivity index (χ0v) is 20.2. The van der Waals surface area contributed by atoms with Crippen LogP contribution in [0.1, 0.15) is 60.3 Å². The fourth-order valence-electron chi connectivity index (χ4n) is 2.51. The first-order valence-electron chi connectivity index (χ1n) is 10.9. The van der Waals surface area contributed by atoms with Crippen LogP contribution in [0.5, 0.6) is 0 Å². The standard InChI is InChI=1S/C21H35N3O10/c1-6-32-17(28)12-22-18(29)13(9-11-16(26)27)23-15(25)10-8-14(19(30)33-7-2)24-20(31)34-21(3,4)5/h13-14H,6-12H2,1-5H3,(H,22,29)(H,23,25)(H,24,31)(H,26,27)/t13-,14+/m1/s1. The zero-order chi connectivity index (χ0) is 26.3. The molecule has 0 radical (unpaired) electrons. The highest BCUT2D eigenvalue weighted by molar-refractivity contribution is 5.90. The maximum absolute atomic E-state index is 12.4. The SMILES string of the molecule is CCOC(=O)CNC(=O)[C@@H](CCC(=O)O)NC(=O)CC[C@H](NC(=O)OC(C)(C)C)C(=O)OCC. The monoisotopic (exact) mass is 489 g/mol. The Morgan fingerprint density at radius 3 is 1.97 bits per heavy atom. The van der Waals surface area contributed by atoms with Gasteiger partial charge in [-0.05, 0) is 47.5 Å². The van der Waals surface area contributed by atoms with Crippen LogP contribution in [0.2, 0.25) is 0 Å². The third-order valence-electron chi connectivity index (χ3n) is 3.93. The van der Waals surface area contributed by atoms with Crippen LogP contribution < -0.4 is 16.0 Å². The molecule has 0 saturated heterocycles. The Bertz CT molecular complexity index is 733. The molecular formula is C21H35N3O10. The summed E-state index contributed by atoms with van der Waals surface area (Å²) in [6, 6.07) is -2.42. The van der Waals surface area contributed by atoms with Crippen molar-refractivity contribution in [2.24, 2.45) is 0 Å². The molecule has 13 heteroatoms. The van der Waals surface area contributed by atoms with E-state index in [1.807, 2.05) is 0 Å². The van der Waals surface area contributed by atoms with Gasteiger partial charge in [-0.1, -0.05) is 0 Å². The van der Waals surface area contributed by atoms with Crippen LogP contribution in [0.15, 0.2) is 0 Å². The normalized spacial score (nSPS) is 12.5. The van der Waals surface area contributed by atoms with Crippen molar-refractivity contribution >= 4 is 35.8 Å². The summed E-state index contributed by atoms with van der Waals surface area (Å²) in [6.45, 7) is 7.82. The van der Waals surface area contributed by atoms with Crippen LogP contribution in [0.25, 0.3) is 0 Å². The molecule has 0 unspecified atom stereocenters. The van der Waals surface area contributed by atoms with E-state index in [1.54, 1.807) is 34.6 Å². The Balaban J connectivity index is 5.08. The van der Waals surface area contributed by atoms with Crippen LogP contribution in [-0.2, 0) is 38.2 Å². The second-order valence-electron chi connectivity index (χ2n) is 8.06. The summed E-state index contributed by atoms with van der Waals surface area (Å²) in [6.07, 6.45) is -1.98. The predicted octanol–water partition coefficient (Wildman–Crippen LogP) is 0.252. The third-order valence-corrected chi connectivity index (χ3v) is 3.93. The van der Waals surface area contributed by atoms with E-state index in [1.165, 1.54) is 0 Å². The Hall–Kier alpha value is -3.38. The number of carboxylic acids is 1. The molecular weight excluding hydrogens is 454 g/mol. The number of carbonyl (C=O) groups excluding carboxylic acids is 5. The molecule has 0 aliphatic carbocycles. The number of hydrogen-bond donors (Lipinski definition) is 4. The van der Waals surface area contributed by atoms with Crippen molar-refractivity contribution in [3.05, 3.63) is 0 Å². The van der Waals surface area contributed by atoms with Crippen LogP contribution >= 0.6 is 0 Å². The van der Waals surface area contributed by atoms with Crippen molar-refractivity contribution < 1.29 is 48.1 Å². The smallest absolute Gasteiger partial charge is 0.408 e. The van der Waals surface area contributed by atoms with Gasteiger partial charge in [-0.25, -0.2) is 9.59 Å². The minimum atomic E-state index is -1.24. The van der Waals surface area contributed by atoms with E-state index in [2.05, 4.69) is 16.0 Å². The van der Waals surface area contributed by atoms with Crippen LogP contribution in [-0.4, -0.2) is 78.4 Å². The molecule has 0 aromatic carbocycles. The summed E-state index contributed by atoms with van der Waals surface area (Å²) in [7, 11) is 0. The molecule has 0 aliphatic rings. The van der Waals surface area contributed by atoms with E-state index >= 15 is 0 Å². The number of carboxylic acid groups (broad SMARTS) is 1. The summed E-state index contributed by atoms with van der Waals surface area (Å²) in [5.74, 6) is -4.08. The highest BCUT2D eigenvalue weighted by atomic mass is 16.6. The molecule has 0 rings (SSSR count). The number of rotatable bonds is 14. The van der Waals surface area contributed by atoms with Crippen LogP contribution in [0.3, 0.4) is 0 Å². The first-order chi connectivity index (χ1) is 15.8. The van der Waals surface area contributed by atoms with Gasteiger partial charge in [0.25, 0.3) is 0 Å². The van der Waals surface area contributed by atoms with Crippen LogP contribution in [0, 0.1) is 0 Å². The molecule has 3 amide bonds. The van der Waals surface area contributed by atoms with Gasteiger partial charge in [0.1, 0.15) is 24.2 Å². The molecule has 0 bridgehead atoms. The van der Waals surface area contributed by atoms with E-state index in [0.29, 0.717) is 0 Å². The number of alkyl carbamates (subject to hydrolysis) is 1. The number of ether oxygens (including phenoxy) is 3. The molecule has 0 heterocycles. The average molecular weight is 490 g/mol. The Labute approximate surface area is 198 Å². The highest BCUT2D eigenvalue weighted by Gasteiger charge is 2.27. The van der Waals surface area contributed by atoms with Crippen molar-refractivity contribution in [1.29, 1.82) is 0 Å². The average Bonchev–Trinajstić information content (AvgIpc) is 2.71.